The Labute approximate surface area is 132 Å². The molecule has 0 fully saturated rings. The summed E-state index contributed by atoms with van der Waals surface area (Å²) in [6, 6.07) is 16.3. The van der Waals surface area contributed by atoms with Crippen molar-refractivity contribution in [3.8, 4) is 0 Å². The maximum absolute atomic E-state index is 5.16. The Bertz CT molecular complexity index is 964. The molecule has 4 aromatic rings. The fourth-order valence-electron chi connectivity index (χ4n) is 2.63. The number of thioether (sulfide) groups is 1. The first-order chi connectivity index (χ1) is 10.9. The lowest BCUT2D eigenvalue weighted by Gasteiger charge is -2.08. The summed E-state index contributed by atoms with van der Waals surface area (Å²) in [6.07, 6.45) is 0. The van der Waals surface area contributed by atoms with E-state index in [-0.39, 0.29) is 0 Å². The van der Waals surface area contributed by atoms with Crippen LogP contribution in [0.5, 0.6) is 0 Å². The normalized spacial score (nSPS) is 11.7. The van der Waals surface area contributed by atoms with E-state index in [0.717, 1.165) is 38.5 Å². The molecule has 0 amide bonds. The average molecular weight is 309 g/mol. The minimum absolute atomic E-state index is 0.702. The van der Waals surface area contributed by atoms with Crippen molar-refractivity contribution in [3.05, 3.63) is 48.5 Å². The van der Waals surface area contributed by atoms with Gasteiger partial charge in [-0.05, 0) is 24.3 Å². The SMILES string of the molecule is COCCSc1nc2ccccc2c2nc3ccccc3n12. The van der Waals surface area contributed by atoms with E-state index in [2.05, 4.69) is 16.5 Å². The zero-order chi connectivity index (χ0) is 14.9. The molecule has 0 aliphatic heterocycles. The van der Waals surface area contributed by atoms with Gasteiger partial charge in [0.15, 0.2) is 5.16 Å². The van der Waals surface area contributed by atoms with Gasteiger partial charge in [-0.2, -0.15) is 0 Å². The zero-order valence-corrected chi connectivity index (χ0v) is 13.0. The highest BCUT2D eigenvalue weighted by Crippen LogP contribution is 2.28. The lowest BCUT2D eigenvalue weighted by atomic mass is 10.2. The topological polar surface area (TPSA) is 39.4 Å². The number of methoxy groups -OCH3 is 1. The van der Waals surface area contributed by atoms with E-state index in [4.69, 9.17) is 14.7 Å². The van der Waals surface area contributed by atoms with Gasteiger partial charge in [-0.25, -0.2) is 9.97 Å². The van der Waals surface area contributed by atoms with Crippen LogP contribution in [0.1, 0.15) is 0 Å². The Balaban J connectivity index is 2.05. The number of para-hydroxylation sites is 3. The largest absolute Gasteiger partial charge is 0.384 e. The number of imidazole rings is 1. The first-order valence-electron chi connectivity index (χ1n) is 7.16. The second-order valence-corrected chi connectivity index (χ2v) is 6.07. The van der Waals surface area contributed by atoms with Crippen molar-refractivity contribution >= 4 is 39.3 Å². The molecule has 5 heteroatoms. The van der Waals surface area contributed by atoms with Gasteiger partial charge in [0.25, 0.3) is 0 Å². The van der Waals surface area contributed by atoms with Crippen molar-refractivity contribution in [2.75, 3.05) is 19.5 Å². The molecule has 0 saturated carbocycles. The smallest absolute Gasteiger partial charge is 0.174 e. The molecule has 0 atom stereocenters. The Hall–Kier alpha value is -2.11. The molecule has 4 nitrogen and oxygen atoms in total. The molecule has 0 unspecified atom stereocenters. The van der Waals surface area contributed by atoms with E-state index in [1.54, 1.807) is 18.9 Å². The Kier molecular flexibility index (Phi) is 3.44. The van der Waals surface area contributed by atoms with Gasteiger partial charge in [0.1, 0.15) is 5.65 Å². The molecular weight excluding hydrogens is 294 g/mol. The van der Waals surface area contributed by atoms with E-state index in [1.807, 2.05) is 36.4 Å². The summed E-state index contributed by atoms with van der Waals surface area (Å²) >= 11 is 1.70. The van der Waals surface area contributed by atoms with Crippen molar-refractivity contribution in [1.82, 2.24) is 14.4 Å². The summed E-state index contributed by atoms with van der Waals surface area (Å²) in [4.78, 5) is 9.64. The van der Waals surface area contributed by atoms with Crippen LogP contribution in [0.25, 0.3) is 27.6 Å². The fraction of sp³-hybridized carbons (Fsp3) is 0.176. The van der Waals surface area contributed by atoms with Crippen LogP contribution in [0.4, 0.5) is 0 Å². The van der Waals surface area contributed by atoms with Crippen LogP contribution in [-0.2, 0) is 4.74 Å². The molecule has 110 valence electrons. The van der Waals surface area contributed by atoms with Gasteiger partial charge in [0.2, 0.25) is 0 Å². The first kappa shape index (κ1) is 13.5. The molecule has 0 spiro atoms. The van der Waals surface area contributed by atoms with E-state index in [1.165, 1.54) is 0 Å². The number of nitrogens with zero attached hydrogens (tertiary/aromatic N) is 3. The highest BCUT2D eigenvalue weighted by atomic mass is 32.2. The summed E-state index contributed by atoms with van der Waals surface area (Å²) in [5.41, 5.74) is 4.03. The second-order valence-electron chi connectivity index (χ2n) is 5.01. The summed E-state index contributed by atoms with van der Waals surface area (Å²) < 4.78 is 7.31. The van der Waals surface area contributed by atoms with Gasteiger partial charge in [0.05, 0.1) is 23.2 Å². The number of benzene rings is 2. The first-order valence-corrected chi connectivity index (χ1v) is 8.15. The Morgan fingerprint density at radius 1 is 1.00 bits per heavy atom. The molecule has 2 aromatic carbocycles. The highest BCUT2D eigenvalue weighted by molar-refractivity contribution is 7.99. The van der Waals surface area contributed by atoms with Gasteiger partial charge < -0.3 is 4.74 Å². The van der Waals surface area contributed by atoms with Gasteiger partial charge in [-0.1, -0.05) is 36.0 Å². The molecule has 2 heterocycles. The maximum atomic E-state index is 5.16. The number of aromatic nitrogens is 3. The fourth-order valence-corrected chi connectivity index (χ4v) is 3.54. The van der Waals surface area contributed by atoms with E-state index in [9.17, 15) is 0 Å². The van der Waals surface area contributed by atoms with Gasteiger partial charge in [-0.15, -0.1) is 0 Å². The summed E-state index contributed by atoms with van der Waals surface area (Å²) in [6.45, 7) is 0.702. The second kappa shape index (κ2) is 5.59. The third-order valence-electron chi connectivity index (χ3n) is 3.63. The molecule has 0 radical (unpaired) electrons. The van der Waals surface area contributed by atoms with Crippen LogP contribution in [0.2, 0.25) is 0 Å². The van der Waals surface area contributed by atoms with Crippen LogP contribution in [-0.4, -0.2) is 33.8 Å². The van der Waals surface area contributed by atoms with E-state index in [0.29, 0.717) is 6.61 Å². The van der Waals surface area contributed by atoms with Crippen LogP contribution in [0.15, 0.2) is 53.7 Å². The number of hydrogen-bond donors (Lipinski definition) is 0. The molecule has 0 bridgehead atoms. The Morgan fingerprint density at radius 3 is 2.64 bits per heavy atom. The molecule has 0 saturated heterocycles. The van der Waals surface area contributed by atoms with Crippen LogP contribution >= 0.6 is 11.8 Å². The number of fused-ring (bicyclic) bond motifs is 5. The summed E-state index contributed by atoms with van der Waals surface area (Å²) in [5, 5.41) is 2.04. The number of hydrogen-bond acceptors (Lipinski definition) is 4. The van der Waals surface area contributed by atoms with Gasteiger partial charge in [0, 0.05) is 18.2 Å². The summed E-state index contributed by atoms with van der Waals surface area (Å²) in [7, 11) is 1.72. The quantitative estimate of drug-likeness (QED) is 0.327. The molecule has 4 rings (SSSR count). The molecule has 22 heavy (non-hydrogen) atoms. The monoisotopic (exact) mass is 309 g/mol. The molecule has 0 aliphatic carbocycles. The molecule has 2 aromatic heterocycles. The highest BCUT2D eigenvalue weighted by Gasteiger charge is 2.13. The third kappa shape index (κ3) is 2.14. The number of ether oxygens (including phenoxy) is 1. The van der Waals surface area contributed by atoms with Crippen molar-refractivity contribution in [3.63, 3.8) is 0 Å². The lowest BCUT2D eigenvalue weighted by molar-refractivity contribution is 0.218. The molecular formula is C17H15N3OS. The van der Waals surface area contributed by atoms with Crippen LogP contribution < -0.4 is 0 Å². The van der Waals surface area contributed by atoms with E-state index >= 15 is 0 Å². The minimum Gasteiger partial charge on any atom is -0.384 e. The van der Waals surface area contributed by atoms with Gasteiger partial charge >= 0.3 is 0 Å². The van der Waals surface area contributed by atoms with Gasteiger partial charge in [-0.3, -0.25) is 4.40 Å². The molecule has 0 aliphatic rings. The Morgan fingerprint density at radius 2 is 1.77 bits per heavy atom. The van der Waals surface area contributed by atoms with Crippen molar-refractivity contribution < 1.29 is 4.74 Å². The van der Waals surface area contributed by atoms with Crippen molar-refractivity contribution in [1.29, 1.82) is 0 Å². The zero-order valence-electron chi connectivity index (χ0n) is 12.2. The van der Waals surface area contributed by atoms with E-state index < -0.39 is 0 Å². The predicted molar refractivity (Wildman–Crippen MR) is 90.6 cm³/mol. The third-order valence-corrected chi connectivity index (χ3v) is 4.53. The van der Waals surface area contributed by atoms with Crippen molar-refractivity contribution in [2.24, 2.45) is 0 Å². The maximum Gasteiger partial charge on any atom is 0.174 e. The van der Waals surface area contributed by atoms with Crippen LogP contribution in [0.3, 0.4) is 0 Å². The standard InChI is InChI=1S/C17H15N3OS/c1-21-10-11-22-17-19-13-7-3-2-6-12(13)16-18-14-8-4-5-9-15(14)20(16)17/h2-9H,10-11H2,1H3. The summed E-state index contributed by atoms with van der Waals surface area (Å²) in [5.74, 6) is 0.865. The minimum atomic E-state index is 0.702. The average Bonchev–Trinajstić information content (AvgIpc) is 2.95. The predicted octanol–water partition coefficient (Wildman–Crippen LogP) is 3.77. The lowest BCUT2D eigenvalue weighted by Crippen LogP contribution is -1.99. The van der Waals surface area contributed by atoms with Crippen molar-refractivity contribution in [2.45, 2.75) is 5.16 Å². The van der Waals surface area contributed by atoms with Crippen LogP contribution in [0, 0.1) is 0 Å². The number of rotatable bonds is 4. The molecule has 0 N–H and O–H groups in total.